The Bertz CT molecular complexity index is 950. The number of rotatable bonds is 11. The molecule has 34 heavy (non-hydrogen) atoms. The van der Waals surface area contributed by atoms with E-state index < -0.39 is 0 Å². The molecule has 2 N–H and O–H groups in total. The lowest BCUT2D eigenvalue weighted by Gasteiger charge is -2.35. The van der Waals surface area contributed by atoms with Gasteiger partial charge < -0.3 is 15.3 Å². The molecule has 1 aromatic carbocycles. The number of halogens is 2. The first-order valence-electron chi connectivity index (χ1n) is 11.4. The van der Waals surface area contributed by atoms with Crippen molar-refractivity contribution in [1.29, 1.82) is 0 Å². The summed E-state index contributed by atoms with van der Waals surface area (Å²) in [5.41, 5.74) is 3.87. The Morgan fingerprint density at radius 3 is 2.85 bits per heavy atom. The molecule has 0 aromatic heterocycles. The number of benzene rings is 1. The summed E-state index contributed by atoms with van der Waals surface area (Å²) in [4.78, 5) is 25.7. The molecule has 1 aromatic rings. The molecule has 9 heteroatoms. The van der Waals surface area contributed by atoms with Gasteiger partial charge in [0.1, 0.15) is 0 Å². The van der Waals surface area contributed by atoms with Gasteiger partial charge in [0.05, 0.1) is 24.3 Å². The standard InChI is InChI=1S/C25H33Cl2N3O4/c1-17(11-18-7-8-22(26)23(27)12-18)29(2)24(15-30-10-9-21(31)14-30)19-5-4-6-20(13-19)28-25(32)16-34-33-3/h4-6,12-13,21,24,31H,1,7-11,14-16H2,2-3H3,(H,28,32). The number of β-amino-alcohol motifs (C(OH)–C–C–N with tert-alkyl or cyclic N) is 1. The van der Waals surface area contributed by atoms with Crippen LogP contribution in [0, 0.1) is 0 Å². The molecule has 3 rings (SSSR count). The van der Waals surface area contributed by atoms with Gasteiger partial charge >= 0.3 is 0 Å². The molecule has 1 aliphatic heterocycles. The van der Waals surface area contributed by atoms with E-state index in [2.05, 4.69) is 26.6 Å². The Morgan fingerprint density at radius 1 is 1.38 bits per heavy atom. The van der Waals surface area contributed by atoms with E-state index in [-0.39, 0.29) is 24.7 Å². The van der Waals surface area contributed by atoms with Gasteiger partial charge in [0.2, 0.25) is 0 Å². The summed E-state index contributed by atoms with van der Waals surface area (Å²) in [5, 5.41) is 14.2. The summed E-state index contributed by atoms with van der Waals surface area (Å²) in [6.45, 7) is 6.38. The third-order valence-electron chi connectivity index (χ3n) is 6.19. The molecule has 1 aliphatic carbocycles. The van der Waals surface area contributed by atoms with Crippen molar-refractivity contribution in [3.05, 3.63) is 63.8 Å². The number of carbonyl (C=O) groups excluding carboxylic acids is 1. The zero-order valence-electron chi connectivity index (χ0n) is 19.7. The molecule has 0 radical (unpaired) electrons. The van der Waals surface area contributed by atoms with Gasteiger partial charge in [0.15, 0.2) is 6.61 Å². The summed E-state index contributed by atoms with van der Waals surface area (Å²) in [5.74, 6) is -0.302. The highest BCUT2D eigenvalue weighted by molar-refractivity contribution is 6.40. The van der Waals surface area contributed by atoms with Crippen molar-refractivity contribution in [2.45, 2.75) is 37.8 Å². The monoisotopic (exact) mass is 509 g/mol. The van der Waals surface area contributed by atoms with E-state index in [1.807, 2.05) is 37.4 Å². The number of amides is 1. The Balaban J connectivity index is 1.78. The summed E-state index contributed by atoms with van der Waals surface area (Å²) < 4.78 is 0. The minimum atomic E-state index is -0.302. The highest BCUT2D eigenvalue weighted by atomic mass is 35.5. The first-order valence-corrected chi connectivity index (χ1v) is 12.1. The molecule has 186 valence electrons. The minimum Gasteiger partial charge on any atom is -0.392 e. The van der Waals surface area contributed by atoms with Gasteiger partial charge in [0, 0.05) is 49.5 Å². The topological polar surface area (TPSA) is 74.3 Å². The highest BCUT2D eigenvalue weighted by Crippen LogP contribution is 2.34. The second-order valence-electron chi connectivity index (χ2n) is 8.73. The zero-order valence-corrected chi connectivity index (χ0v) is 21.2. The Labute approximate surface area is 211 Å². The van der Waals surface area contributed by atoms with E-state index in [9.17, 15) is 9.90 Å². The average Bonchev–Trinajstić information content (AvgIpc) is 3.23. The van der Waals surface area contributed by atoms with Crippen molar-refractivity contribution in [3.63, 3.8) is 0 Å². The fraction of sp³-hybridized carbons (Fsp3) is 0.480. The van der Waals surface area contributed by atoms with E-state index in [0.717, 1.165) is 43.6 Å². The number of likely N-dealkylation sites (tertiary alicyclic amines) is 1. The maximum absolute atomic E-state index is 12.1. The third-order valence-corrected chi connectivity index (χ3v) is 7.02. The van der Waals surface area contributed by atoms with Crippen molar-refractivity contribution in [1.82, 2.24) is 9.80 Å². The second-order valence-corrected chi connectivity index (χ2v) is 9.59. The quantitative estimate of drug-likeness (QED) is 0.336. The first-order chi connectivity index (χ1) is 16.3. The van der Waals surface area contributed by atoms with Crippen LogP contribution in [0.3, 0.4) is 0 Å². The minimum absolute atomic E-state index is 0.0244. The molecule has 7 nitrogen and oxygen atoms in total. The van der Waals surface area contributed by atoms with Gasteiger partial charge in [-0.15, -0.1) is 0 Å². The molecule has 1 heterocycles. The van der Waals surface area contributed by atoms with Crippen LogP contribution in [0.2, 0.25) is 0 Å². The first kappa shape index (κ1) is 26.7. The molecule has 2 atom stereocenters. The molecule has 1 saturated heterocycles. The SMILES string of the molecule is C=C(CC1=CC(Cl)=C(Cl)CC1)N(C)C(CN1CCC(O)C1)c1cccc(NC(=O)COOC)c1. The van der Waals surface area contributed by atoms with Gasteiger partial charge in [-0.2, -0.15) is 0 Å². The summed E-state index contributed by atoms with van der Waals surface area (Å²) in [6.07, 6.45) is 4.71. The van der Waals surface area contributed by atoms with Crippen LogP contribution in [0.5, 0.6) is 0 Å². The normalized spacial score (nSPS) is 19.7. The maximum atomic E-state index is 12.1. The second kappa shape index (κ2) is 12.7. The summed E-state index contributed by atoms with van der Waals surface area (Å²) in [7, 11) is 3.39. The molecule has 1 amide bonds. The third kappa shape index (κ3) is 7.57. The Morgan fingerprint density at radius 2 is 2.18 bits per heavy atom. The molecule has 1 fully saturated rings. The molecule has 0 saturated carbocycles. The van der Waals surface area contributed by atoms with Gasteiger partial charge in [-0.25, -0.2) is 9.78 Å². The molecule has 2 aliphatic rings. The number of nitrogens with one attached hydrogen (secondary N) is 1. The van der Waals surface area contributed by atoms with Crippen LogP contribution >= 0.6 is 23.2 Å². The molecule has 0 spiro atoms. The van der Waals surface area contributed by atoms with Crippen molar-refractivity contribution >= 4 is 34.8 Å². The fourth-order valence-corrected chi connectivity index (χ4v) is 4.67. The molecule has 0 bridgehead atoms. The van der Waals surface area contributed by atoms with E-state index in [0.29, 0.717) is 28.7 Å². The summed E-state index contributed by atoms with van der Waals surface area (Å²) >= 11 is 12.4. The number of nitrogens with zero attached hydrogens (tertiary/aromatic N) is 2. The predicted molar refractivity (Wildman–Crippen MR) is 135 cm³/mol. The molecular formula is C25H33Cl2N3O4. The Kier molecular flexibility index (Phi) is 10.0. The maximum Gasteiger partial charge on any atom is 0.253 e. The van der Waals surface area contributed by atoms with Gasteiger partial charge in [-0.05, 0) is 43.0 Å². The van der Waals surface area contributed by atoms with Crippen LogP contribution in [-0.2, 0) is 14.6 Å². The van der Waals surface area contributed by atoms with Crippen LogP contribution in [0.4, 0.5) is 5.69 Å². The summed E-state index contributed by atoms with van der Waals surface area (Å²) in [6, 6.07) is 7.74. The predicted octanol–water partition coefficient (Wildman–Crippen LogP) is 4.56. The van der Waals surface area contributed by atoms with Crippen LogP contribution in [0.25, 0.3) is 0 Å². The van der Waals surface area contributed by atoms with Crippen molar-refractivity contribution in [2.24, 2.45) is 0 Å². The molecular weight excluding hydrogens is 477 g/mol. The zero-order chi connectivity index (χ0) is 24.7. The highest BCUT2D eigenvalue weighted by Gasteiger charge is 2.27. The lowest BCUT2D eigenvalue weighted by molar-refractivity contribution is -0.266. The van der Waals surface area contributed by atoms with Gasteiger partial charge in [-0.1, -0.05) is 47.5 Å². The average molecular weight is 510 g/mol. The number of anilines is 1. The van der Waals surface area contributed by atoms with Crippen molar-refractivity contribution in [3.8, 4) is 0 Å². The fourth-order valence-electron chi connectivity index (χ4n) is 4.27. The largest absolute Gasteiger partial charge is 0.392 e. The number of aliphatic hydroxyl groups is 1. The van der Waals surface area contributed by atoms with Crippen molar-refractivity contribution in [2.75, 3.05) is 45.7 Å². The van der Waals surface area contributed by atoms with Crippen LogP contribution in [0.1, 0.15) is 37.3 Å². The number of aliphatic hydroxyl groups excluding tert-OH is 1. The number of hydrogen-bond donors (Lipinski definition) is 2. The van der Waals surface area contributed by atoms with E-state index >= 15 is 0 Å². The lowest BCUT2D eigenvalue weighted by atomic mass is 9.98. The van der Waals surface area contributed by atoms with Crippen LogP contribution in [-0.4, -0.2) is 67.3 Å². The van der Waals surface area contributed by atoms with E-state index in [1.165, 1.54) is 12.7 Å². The van der Waals surface area contributed by atoms with E-state index in [1.54, 1.807) is 0 Å². The molecule has 2 unspecified atom stereocenters. The van der Waals surface area contributed by atoms with Crippen molar-refractivity contribution < 1.29 is 19.7 Å². The lowest BCUT2D eigenvalue weighted by Crippen LogP contribution is -2.35. The number of allylic oxidation sites excluding steroid dienone is 4. The van der Waals surface area contributed by atoms with Crippen LogP contribution < -0.4 is 5.32 Å². The smallest absolute Gasteiger partial charge is 0.253 e. The van der Waals surface area contributed by atoms with E-state index in [4.69, 9.17) is 28.1 Å². The van der Waals surface area contributed by atoms with Gasteiger partial charge in [0.25, 0.3) is 5.91 Å². The van der Waals surface area contributed by atoms with Crippen LogP contribution in [0.15, 0.2) is 58.3 Å². The van der Waals surface area contributed by atoms with Gasteiger partial charge in [-0.3, -0.25) is 9.69 Å². The number of carbonyl (C=O) groups is 1. The number of hydrogen-bond acceptors (Lipinski definition) is 6. The Hall–Kier alpha value is -1.87. The number of likely N-dealkylation sites (N-methyl/N-ethyl adjacent to an activating group) is 1.